The Morgan fingerprint density at radius 3 is 2.26 bits per heavy atom. The SMILES string of the molecule is CC(C)NCCCCS(=O)(=O)NC(C)CCN(C)C. The molecule has 0 aromatic heterocycles. The van der Waals surface area contributed by atoms with E-state index in [1.807, 2.05) is 21.0 Å². The number of hydrogen-bond donors (Lipinski definition) is 2. The summed E-state index contributed by atoms with van der Waals surface area (Å²) in [5, 5.41) is 3.28. The molecule has 1 unspecified atom stereocenters. The molecule has 0 spiro atoms. The van der Waals surface area contributed by atoms with Crippen LogP contribution in [0.5, 0.6) is 0 Å². The molecule has 2 N–H and O–H groups in total. The third-order valence-corrected chi connectivity index (χ3v) is 4.37. The molecule has 0 bridgehead atoms. The summed E-state index contributed by atoms with van der Waals surface area (Å²) in [4.78, 5) is 2.06. The highest BCUT2D eigenvalue weighted by molar-refractivity contribution is 7.89. The van der Waals surface area contributed by atoms with Gasteiger partial charge in [-0.25, -0.2) is 13.1 Å². The van der Waals surface area contributed by atoms with E-state index in [1.54, 1.807) is 0 Å². The smallest absolute Gasteiger partial charge is 0.211 e. The van der Waals surface area contributed by atoms with Crippen LogP contribution >= 0.6 is 0 Å². The second kappa shape index (κ2) is 9.69. The summed E-state index contributed by atoms with van der Waals surface area (Å²) in [6, 6.07) is 0.460. The zero-order valence-electron chi connectivity index (χ0n) is 13.1. The van der Waals surface area contributed by atoms with E-state index in [0.29, 0.717) is 12.5 Å². The van der Waals surface area contributed by atoms with E-state index in [4.69, 9.17) is 0 Å². The van der Waals surface area contributed by atoms with Crippen molar-refractivity contribution in [1.29, 1.82) is 0 Å². The van der Waals surface area contributed by atoms with Gasteiger partial charge in [-0.3, -0.25) is 0 Å². The number of rotatable bonds is 11. The van der Waals surface area contributed by atoms with Gasteiger partial charge in [-0.05, 0) is 53.4 Å². The summed E-state index contributed by atoms with van der Waals surface area (Å²) in [6.07, 6.45) is 2.43. The Balaban J connectivity index is 3.79. The standard InChI is InChI=1S/C13H31N3O2S/c1-12(2)14-9-6-7-11-19(17,18)15-13(3)8-10-16(4)5/h12-15H,6-11H2,1-5H3. The third kappa shape index (κ3) is 12.6. The third-order valence-electron chi connectivity index (χ3n) is 2.78. The second-order valence-corrected chi connectivity index (χ2v) is 7.62. The molecule has 0 aliphatic carbocycles. The first-order valence-electron chi connectivity index (χ1n) is 7.11. The number of hydrogen-bond acceptors (Lipinski definition) is 4. The molecule has 6 heteroatoms. The molecule has 0 aromatic carbocycles. The lowest BCUT2D eigenvalue weighted by Gasteiger charge is -2.16. The molecule has 0 saturated carbocycles. The van der Waals surface area contributed by atoms with Crippen molar-refractivity contribution in [2.24, 2.45) is 0 Å². The second-order valence-electron chi connectivity index (χ2n) is 5.75. The van der Waals surface area contributed by atoms with Crippen LogP contribution in [0.15, 0.2) is 0 Å². The van der Waals surface area contributed by atoms with Gasteiger partial charge in [0.25, 0.3) is 0 Å². The maximum Gasteiger partial charge on any atom is 0.211 e. The van der Waals surface area contributed by atoms with Gasteiger partial charge >= 0.3 is 0 Å². The average molecular weight is 293 g/mol. The molecule has 5 nitrogen and oxygen atoms in total. The fraction of sp³-hybridized carbons (Fsp3) is 1.00. The fourth-order valence-electron chi connectivity index (χ4n) is 1.68. The van der Waals surface area contributed by atoms with Gasteiger partial charge in [0.2, 0.25) is 10.0 Å². The Bertz CT molecular complexity index is 316. The van der Waals surface area contributed by atoms with Gasteiger partial charge in [0, 0.05) is 12.1 Å². The Morgan fingerprint density at radius 2 is 1.74 bits per heavy atom. The van der Waals surface area contributed by atoms with Crippen molar-refractivity contribution < 1.29 is 8.42 Å². The van der Waals surface area contributed by atoms with Crippen LogP contribution in [0.2, 0.25) is 0 Å². The monoisotopic (exact) mass is 293 g/mol. The van der Waals surface area contributed by atoms with Gasteiger partial charge in [0.05, 0.1) is 5.75 Å². The molecule has 0 rings (SSSR count). The van der Waals surface area contributed by atoms with E-state index in [1.165, 1.54) is 0 Å². The van der Waals surface area contributed by atoms with Crippen LogP contribution in [-0.2, 0) is 10.0 Å². The van der Waals surface area contributed by atoms with Crippen LogP contribution in [-0.4, -0.2) is 58.3 Å². The molecule has 0 heterocycles. The minimum atomic E-state index is -3.13. The topological polar surface area (TPSA) is 61.4 Å². The molecule has 0 radical (unpaired) electrons. The van der Waals surface area contributed by atoms with Crippen molar-refractivity contribution in [3.8, 4) is 0 Å². The van der Waals surface area contributed by atoms with Crippen molar-refractivity contribution >= 4 is 10.0 Å². The number of sulfonamides is 1. The van der Waals surface area contributed by atoms with E-state index in [2.05, 4.69) is 28.8 Å². The first-order valence-corrected chi connectivity index (χ1v) is 8.76. The summed E-state index contributed by atoms with van der Waals surface area (Å²) in [5.74, 6) is 0.221. The lowest BCUT2D eigenvalue weighted by Crippen LogP contribution is -2.36. The minimum Gasteiger partial charge on any atom is -0.315 e. The summed E-state index contributed by atoms with van der Waals surface area (Å²) < 4.78 is 26.4. The maximum atomic E-state index is 11.8. The summed E-state index contributed by atoms with van der Waals surface area (Å²) >= 11 is 0. The van der Waals surface area contributed by atoms with Gasteiger partial charge in [-0.2, -0.15) is 0 Å². The zero-order chi connectivity index (χ0) is 14.9. The van der Waals surface area contributed by atoms with Crippen LogP contribution in [0.1, 0.15) is 40.0 Å². The van der Waals surface area contributed by atoms with Crippen LogP contribution in [0.3, 0.4) is 0 Å². The van der Waals surface area contributed by atoms with Crippen molar-refractivity contribution in [3.05, 3.63) is 0 Å². The van der Waals surface area contributed by atoms with Crippen LogP contribution in [0, 0.1) is 0 Å². The highest BCUT2D eigenvalue weighted by Crippen LogP contribution is 1.99. The quantitative estimate of drug-likeness (QED) is 0.559. The normalized spacial score (nSPS) is 14.3. The largest absolute Gasteiger partial charge is 0.315 e. The fourth-order valence-corrected chi connectivity index (χ4v) is 3.12. The van der Waals surface area contributed by atoms with Crippen molar-refractivity contribution in [2.45, 2.75) is 52.1 Å². The highest BCUT2D eigenvalue weighted by atomic mass is 32.2. The Labute approximate surface area is 119 Å². The van der Waals surface area contributed by atoms with Crippen LogP contribution in [0.4, 0.5) is 0 Å². The van der Waals surface area contributed by atoms with E-state index >= 15 is 0 Å². The predicted octanol–water partition coefficient (Wildman–Crippen LogP) is 1.02. The lowest BCUT2D eigenvalue weighted by molar-refractivity contribution is 0.379. The molecule has 19 heavy (non-hydrogen) atoms. The van der Waals surface area contributed by atoms with E-state index in [0.717, 1.165) is 25.9 Å². The first kappa shape index (κ1) is 18.8. The zero-order valence-corrected chi connectivity index (χ0v) is 13.9. The molecule has 0 aromatic rings. The van der Waals surface area contributed by atoms with Crippen molar-refractivity contribution in [1.82, 2.24) is 14.9 Å². The lowest BCUT2D eigenvalue weighted by atomic mass is 10.2. The van der Waals surface area contributed by atoms with E-state index < -0.39 is 10.0 Å². The summed E-state index contributed by atoms with van der Waals surface area (Å²) in [6.45, 7) is 7.86. The molecule has 0 amide bonds. The molecule has 0 saturated heterocycles. The van der Waals surface area contributed by atoms with E-state index in [9.17, 15) is 8.42 Å². The molecule has 116 valence electrons. The van der Waals surface area contributed by atoms with Gasteiger partial charge in [-0.15, -0.1) is 0 Å². The Kier molecular flexibility index (Phi) is 9.60. The molecule has 0 fully saturated rings. The van der Waals surface area contributed by atoms with E-state index in [-0.39, 0.29) is 11.8 Å². The minimum absolute atomic E-state index is 0.00110. The number of nitrogens with zero attached hydrogens (tertiary/aromatic N) is 1. The van der Waals surface area contributed by atoms with Gasteiger partial charge < -0.3 is 10.2 Å². The molecule has 1 atom stereocenters. The van der Waals surface area contributed by atoms with Crippen LogP contribution < -0.4 is 10.0 Å². The first-order chi connectivity index (χ1) is 8.73. The van der Waals surface area contributed by atoms with Crippen molar-refractivity contribution in [2.75, 3.05) is 32.9 Å². The average Bonchev–Trinajstić information content (AvgIpc) is 2.24. The predicted molar refractivity (Wildman–Crippen MR) is 81.9 cm³/mol. The van der Waals surface area contributed by atoms with Gasteiger partial charge in [-0.1, -0.05) is 13.8 Å². The highest BCUT2D eigenvalue weighted by Gasteiger charge is 2.14. The Morgan fingerprint density at radius 1 is 1.11 bits per heavy atom. The molecule has 0 aliphatic heterocycles. The molecule has 0 aliphatic rings. The van der Waals surface area contributed by atoms with Gasteiger partial charge in [0.1, 0.15) is 0 Å². The Hall–Kier alpha value is -0.170. The maximum absolute atomic E-state index is 11.8. The van der Waals surface area contributed by atoms with Crippen molar-refractivity contribution in [3.63, 3.8) is 0 Å². The van der Waals surface area contributed by atoms with Crippen LogP contribution in [0.25, 0.3) is 0 Å². The summed E-state index contributed by atoms with van der Waals surface area (Å²) in [5.41, 5.74) is 0. The summed E-state index contributed by atoms with van der Waals surface area (Å²) in [7, 11) is 0.852. The number of nitrogens with one attached hydrogen (secondary N) is 2. The number of unbranched alkanes of at least 4 members (excludes halogenated alkanes) is 1. The molecular formula is C13H31N3O2S. The van der Waals surface area contributed by atoms with Gasteiger partial charge in [0.15, 0.2) is 0 Å². The molecular weight excluding hydrogens is 262 g/mol.